The average Bonchev–Trinajstić information content (AvgIpc) is 2.62. The van der Waals surface area contributed by atoms with Crippen LogP contribution in [0.1, 0.15) is 5.56 Å². The van der Waals surface area contributed by atoms with Gasteiger partial charge in [-0.15, -0.1) is 0 Å². The van der Waals surface area contributed by atoms with Gasteiger partial charge in [-0.05, 0) is 52.7 Å². The van der Waals surface area contributed by atoms with Crippen molar-refractivity contribution >= 4 is 33.2 Å². The van der Waals surface area contributed by atoms with Gasteiger partial charge < -0.3 is 15.1 Å². The van der Waals surface area contributed by atoms with Crippen molar-refractivity contribution in [3.63, 3.8) is 0 Å². The van der Waals surface area contributed by atoms with E-state index in [0.29, 0.717) is 6.54 Å². The number of rotatable bonds is 4. The molecule has 0 saturated carbocycles. The van der Waals surface area contributed by atoms with E-state index in [-0.39, 0.29) is 5.91 Å². The van der Waals surface area contributed by atoms with E-state index in [0.717, 1.165) is 36.3 Å². The van der Waals surface area contributed by atoms with Gasteiger partial charge in [0.05, 0.1) is 6.54 Å². The summed E-state index contributed by atoms with van der Waals surface area (Å²) in [5.74, 6) is 0.148. The quantitative estimate of drug-likeness (QED) is 0.871. The van der Waals surface area contributed by atoms with Crippen molar-refractivity contribution in [3.05, 3.63) is 58.6 Å². The second kappa shape index (κ2) is 7.71. The number of halogens is 1. The van der Waals surface area contributed by atoms with Crippen molar-refractivity contribution in [2.24, 2.45) is 0 Å². The minimum Gasteiger partial charge on any atom is -0.375 e. The number of amides is 1. The summed E-state index contributed by atoms with van der Waals surface area (Å²) in [6.07, 6.45) is 0. The highest BCUT2D eigenvalue weighted by molar-refractivity contribution is 9.10. The monoisotopic (exact) mass is 387 g/mol. The van der Waals surface area contributed by atoms with Gasteiger partial charge in [0.15, 0.2) is 0 Å². The van der Waals surface area contributed by atoms with Crippen LogP contribution in [0.5, 0.6) is 0 Å². The van der Waals surface area contributed by atoms with Crippen LogP contribution in [0, 0.1) is 6.92 Å². The summed E-state index contributed by atoms with van der Waals surface area (Å²) >= 11 is 3.53. The highest BCUT2D eigenvalue weighted by Crippen LogP contribution is 2.23. The molecule has 1 aliphatic heterocycles. The average molecular weight is 388 g/mol. The largest absolute Gasteiger partial charge is 0.375 e. The van der Waals surface area contributed by atoms with Crippen LogP contribution in [-0.2, 0) is 4.79 Å². The normalized spacial score (nSPS) is 14.6. The van der Waals surface area contributed by atoms with Crippen LogP contribution in [0.2, 0.25) is 0 Å². The molecule has 1 fully saturated rings. The van der Waals surface area contributed by atoms with Gasteiger partial charge in [0.25, 0.3) is 0 Å². The van der Waals surface area contributed by atoms with Crippen molar-refractivity contribution in [2.45, 2.75) is 6.92 Å². The van der Waals surface area contributed by atoms with Gasteiger partial charge in [-0.25, -0.2) is 0 Å². The minimum atomic E-state index is 0.148. The molecule has 0 unspecified atom stereocenters. The van der Waals surface area contributed by atoms with E-state index in [9.17, 15) is 4.79 Å². The first-order valence-corrected chi connectivity index (χ1v) is 9.00. The first kappa shape index (κ1) is 16.8. The minimum absolute atomic E-state index is 0.148. The van der Waals surface area contributed by atoms with Crippen LogP contribution in [0.15, 0.2) is 53.0 Å². The van der Waals surface area contributed by atoms with Crippen LogP contribution in [-0.4, -0.2) is 43.5 Å². The maximum absolute atomic E-state index is 12.4. The molecule has 4 nitrogen and oxygen atoms in total. The van der Waals surface area contributed by atoms with Gasteiger partial charge in [0.1, 0.15) is 0 Å². The second-order valence-electron chi connectivity index (χ2n) is 6.04. The zero-order valence-electron chi connectivity index (χ0n) is 13.8. The van der Waals surface area contributed by atoms with Gasteiger partial charge in [-0.2, -0.15) is 0 Å². The summed E-state index contributed by atoms with van der Waals surface area (Å²) in [6.45, 7) is 5.67. The van der Waals surface area contributed by atoms with E-state index in [1.165, 1.54) is 11.3 Å². The Morgan fingerprint density at radius 1 is 1.08 bits per heavy atom. The van der Waals surface area contributed by atoms with Crippen molar-refractivity contribution < 1.29 is 4.79 Å². The van der Waals surface area contributed by atoms with E-state index in [1.807, 2.05) is 36.1 Å². The number of para-hydroxylation sites is 1. The molecule has 1 heterocycles. The smallest absolute Gasteiger partial charge is 0.241 e. The van der Waals surface area contributed by atoms with Crippen LogP contribution in [0.25, 0.3) is 0 Å². The zero-order valence-corrected chi connectivity index (χ0v) is 15.4. The molecule has 126 valence electrons. The Balaban J connectivity index is 1.50. The fraction of sp³-hybridized carbons (Fsp3) is 0.316. The van der Waals surface area contributed by atoms with E-state index >= 15 is 0 Å². The Morgan fingerprint density at radius 3 is 2.46 bits per heavy atom. The van der Waals surface area contributed by atoms with Crippen molar-refractivity contribution in [2.75, 3.05) is 42.9 Å². The molecule has 0 bridgehead atoms. The number of piperazine rings is 1. The van der Waals surface area contributed by atoms with Crippen LogP contribution in [0.4, 0.5) is 11.4 Å². The van der Waals surface area contributed by atoms with E-state index < -0.39 is 0 Å². The molecular formula is C19H22BrN3O. The molecule has 0 atom stereocenters. The lowest BCUT2D eigenvalue weighted by Crippen LogP contribution is -2.50. The summed E-state index contributed by atoms with van der Waals surface area (Å²) < 4.78 is 0.990. The standard InChI is InChI=1S/C19H22BrN3O/c1-15-7-8-18(17(20)13-15)21-14-19(24)23-11-9-22(10-12-23)16-5-3-2-4-6-16/h2-8,13,21H,9-12,14H2,1H3. The molecule has 0 aliphatic carbocycles. The number of carbonyl (C=O) groups is 1. The number of benzene rings is 2. The topological polar surface area (TPSA) is 35.6 Å². The van der Waals surface area contributed by atoms with E-state index in [2.05, 4.69) is 50.4 Å². The molecule has 0 spiro atoms. The third kappa shape index (κ3) is 4.09. The second-order valence-corrected chi connectivity index (χ2v) is 6.89. The molecule has 1 saturated heterocycles. The number of anilines is 2. The molecule has 0 radical (unpaired) electrons. The first-order chi connectivity index (χ1) is 11.6. The SMILES string of the molecule is Cc1ccc(NCC(=O)N2CCN(c3ccccc3)CC2)c(Br)c1. The summed E-state index contributed by atoms with van der Waals surface area (Å²) in [4.78, 5) is 16.7. The van der Waals surface area contributed by atoms with Crippen LogP contribution < -0.4 is 10.2 Å². The first-order valence-electron chi connectivity index (χ1n) is 8.21. The molecule has 1 aliphatic rings. The highest BCUT2D eigenvalue weighted by Gasteiger charge is 2.21. The summed E-state index contributed by atoms with van der Waals surface area (Å²) in [5, 5.41) is 3.23. The van der Waals surface area contributed by atoms with E-state index in [4.69, 9.17) is 0 Å². The Labute approximate surface area is 151 Å². The number of hydrogen-bond donors (Lipinski definition) is 1. The fourth-order valence-corrected chi connectivity index (χ4v) is 3.53. The molecule has 3 rings (SSSR count). The van der Waals surface area contributed by atoms with E-state index in [1.54, 1.807) is 0 Å². The predicted octanol–water partition coefficient (Wildman–Crippen LogP) is 3.52. The Kier molecular flexibility index (Phi) is 5.41. The summed E-state index contributed by atoms with van der Waals surface area (Å²) in [6, 6.07) is 16.5. The lowest BCUT2D eigenvalue weighted by Gasteiger charge is -2.36. The third-order valence-corrected chi connectivity index (χ3v) is 4.96. The molecule has 1 N–H and O–H groups in total. The van der Waals surface area contributed by atoms with Gasteiger partial charge in [0, 0.05) is 42.0 Å². The van der Waals surface area contributed by atoms with Crippen molar-refractivity contribution in [1.29, 1.82) is 0 Å². The fourth-order valence-electron chi connectivity index (χ4n) is 2.90. The van der Waals surface area contributed by atoms with Crippen LogP contribution >= 0.6 is 15.9 Å². The van der Waals surface area contributed by atoms with Gasteiger partial charge in [-0.1, -0.05) is 24.3 Å². The lowest BCUT2D eigenvalue weighted by molar-refractivity contribution is -0.129. The van der Waals surface area contributed by atoms with Gasteiger partial charge >= 0.3 is 0 Å². The highest BCUT2D eigenvalue weighted by atomic mass is 79.9. The van der Waals surface area contributed by atoms with Crippen molar-refractivity contribution in [1.82, 2.24) is 4.90 Å². The molecular weight excluding hydrogens is 366 g/mol. The van der Waals surface area contributed by atoms with Gasteiger partial charge in [-0.3, -0.25) is 4.79 Å². The molecule has 2 aromatic carbocycles. The molecule has 2 aromatic rings. The number of aryl methyl sites for hydroxylation is 1. The summed E-state index contributed by atoms with van der Waals surface area (Å²) in [5.41, 5.74) is 3.37. The maximum Gasteiger partial charge on any atom is 0.241 e. The Morgan fingerprint density at radius 2 is 1.79 bits per heavy atom. The maximum atomic E-state index is 12.4. The Bertz CT molecular complexity index is 697. The Hall–Kier alpha value is -2.01. The predicted molar refractivity (Wildman–Crippen MR) is 103 cm³/mol. The molecule has 0 aromatic heterocycles. The molecule has 24 heavy (non-hydrogen) atoms. The third-order valence-electron chi connectivity index (χ3n) is 4.31. The van der Waals surface area contributed by atoms with Crippen LogP contribution in [0.3, 0.4) is 0 Å². The lowest BCUT2D eigenvalue weighted by atomic mass is 10.2. The van der Waals surface area contributed by atoms with Gasteiger partial charge in [0.2, 0.25) is 5.91 Å². The number of hydrogen-bond acceptors (Lipinski definition) is 3. The molecule has 1 amide bonds. The molecule has 5 heteroatoms. The number of carbonyl (C=O) groups excluding carboxylic acids is 1. The number of nitrogens with one attached hydrogen (secondary N) is 1. The summed E-state index contributed by atoms with van der Waals surface area (Å²) in [7, 11) is 0. The number of nitrogens with zero attached hydrogens (tertiary/aromatic N) is 2. The van der Waals surface area contributed by atoms with Crippen molar-refractivity contribution in [3.8, 4) is 0 Å². The zero-order chi connectivity index (χ0) is 16.9.